The number of ether oxygens (including phenoxy) is 1. The summed E-state index contributed by atoms with van der Waals surface area (Å²) in [5.74, 6) is 0. The van der Waals surface area contributed by atoms with Gasteiger partial charge in [0.25, 0.3) is 5.69 Å². The molecule has 0 aromatic heterocycles. The lowest BCUT2D eigenvalue weighted by Gasteiger charge is -2.11. The molecule has 0 fully saturated rings. The Labute approximate surface area is 97.8 Å². The maximum Gasteiger partial charge on any atom is 0.269 e. The van der Waals surface area contributed by atoms with Gasteiger partial charge in [-0.3, -0.25) is 10.1 Å². The highest BCUT2D eigenvalue weighted by Gasteiger charge is 2.14. The van der Waals surface area contributed by atoms with Crippen LogP contribution in [0.25, 0.3) is 0 Å². The molecule has 0 aliphatic rings. The fourth-order valence-corrected chi connectivity index (χ4v) is 1.46. The molecular formula is C10H11NO4S. The van der Waals surface area contributed by atoms with Gasteiger partial charge >= 0.3 is 0 Å². The Balaban J connectivity index is 2.84. The smallest absolute Gasteiger partial charge is 0.269 e. The molecule has 0 saturated heterocycles. The molecule has 0 aliphatic carbocycles. The highest BCUT2D eigenvalue weighted by molar-refractivity contribution is 7.80. The van der Waals surface area contributed by atoms with Crippen molar-refractivity contribution in [2.75, 3.05) is 7.11 Å². The molecule has 0 saturated carbocycles. The van der Waals surface area contributed by atoms with Crippen LogP contribution in [-0.4, -0.2) is 28.3 Å². The minimum absolute atomic E-state index is 0.0104. The van der Waals surface area contributed by atoms with E-state index in [1.807, 2.05) is 0 Å². The number of thiocarbonyl (C=S) groups is 1. The normalized spacial score (nSPS) is 12.1. The lowest BCUT2D eigenvalue weighted by atomic mass is 10.1. The molecule has 1 atom stereocenters. The highest BCUT2D eigenvalue weighted by Crippen LogP contribution is 2.15. The van der Waals surface area contributed by atoms with Crippen LogP contribution in [0.3, 0.4) is 0 Å². The van der Waals surface area contributed by atoms with Crippen molar-refractivity contribution in [3.63, 3.8) is 0 Å². The van der Waals surface area contributed by atoms with E-state index in [0.29, 0.717) is 12.0 Å². The first-order valence-corrected chi connectivity index (χ1v) is 4.94. The van der Waals surface area contributed by atoms with E-state index in [2.05, 4.69) is 12.2 Å². The van der Waals surface area contributed by atoms with Gasteiger partial charge in [0.2, 0.25) is 0 Å². The predicted octanol–water partition coefficient (Wildman–Crippen LogP) is 2.04. The van der Waals surface area contributed by atoms with Crippen LogP contribution < -0.4 is 0 Å². The third-order valence-corrected chi connectivity index (χ3v) is 2.37. The fourth-order valence-electron chi connectivity index (χ4n) is 1.28. The number of nitro groups is 1. The second-order valence-electron chi connectivity index (χ2n) is 3.19. The van der Waals surface area contributed by atoms with Crippen LogP contribution in [0.5, 0.6) is 0 Å². The molecule has 5 nitrogen and oxygen atoms in total. The van der Waals surface area contributed by atoms with Gasteiger partial charge in [0.15, 0.2) is 5.05 Å². The van der Waals surface area contributed by atoms with Gasteiger partial charge in [-0.25, -0.2) is 0 Å². The molecule has 0 amide bonds. The van der Waals surface area contributed by atoms with Crippen LogP contribution >= 0.6 is 12.2 Å². The maximum absolute atomic E-state index is 10.5. The largest absolute Gasteiger partial charge is 0.500 e. The van der Waals surface area contributed by atoms with E-state index in [-0.39, 0.29) is 10.7 Å². The van der Waals surface area contributed by atoms with Crippen LogP contribution in [0.1, 0.15) is 5.56 Å². The zero-order valence-corrected chi connectivity index (χ0v) is 9.44. The minimum Gasteiger partial charge on any atom is -0.500 e. The van der Waals surface area contributed by atoms with E-state index in [1.165, 1.54) is 19.2 Å². The Bertz CT molecular complexity index is 408. The molecule has 6 heteroatoms. The van der Waals surface area contributed by atoms with Crippen LogP contribution in [-0.2, 0) is 11.2 Å². The number of nitro benzene ring substituents is 1. The molecule has 0 aliphatic heterocycles. The molecule has 0 spiro atoms. The molecule has 0 radical (unpaired) electrons. The Morgan fingerprint density at radius 1 is 1.69 bits per heavy atom. The summed E-state index contributed by atoms with van der Waals surface area (Å²) in [6.45, 7) is 0. The van der Waals surface area contributed by atoms with Crippen molar-refractivity contribution in [1.29, 1.82) is 0 Å². The average molecular weight is 241 g/mol. The number of hydrogen-bond acceptors (Lipinski definition) is 4. The maximum atomic E-state index is 10.5. The van der Waals surface area contributed by atoms with Crippen LogP contribution in [0.4, 0.5) is 5.69 Å². The van der Waals surface area contributed by atoms with Crippen molar-refractivity contribution >= 4 is 23.0 Å². The second-order valence-corrected chi connectivity index (χ2v) is 3.61. The van der Waals surface area contributed by atoms with Gasteiger partial charge < -0.3 is 9.84 Å². The van der Waals surface area contributed by atoms with E-state index in [9.17, 15) is 10.1 Å². The summed E-state index contributed by atoms with van der Waals surface area (Å²) in [7, 11) is 1.42. The number of methoxy groups -OCH3 is 1. The predicted molar refractivity (Wildman–Crippen MR) is 62.8 cm³/mol. The topological polar surface area (TPSA) is 72.6 Å². The second kappa shape index (κ2) is 5.53. The summed E-state index contributed by atoms with van der Waals surface area (Å²) >= 11 is 4.60. The van der Waals surface area contributed by atoms with Crippen molar-refractivity contribution < 1.29 is 14.8 Å². The van der Waals surface area contributed by atoms with E-state index in [0.717, 1.165) is 0 Å². The lowest BCUT2D eigenvalue weighted by molar-refractivity contribution is -0.384. The van der Waals surface area contributed by atoms with E-state index >= 15 is 0 Å². The first kappa shape index (κ1) is 12.5. The van der Waals surface area contributed by atoms with Gasteiger partial charge in [-0.15, -0.1) is 0 Å². The molecule has 0 heterocycles. The van der Waals surface area contributed by atoms with Crippen molar-refractivity contribution in [3.8, 4) is 0 Å². The number of hydrogen-bond donors (Lipinski definition) is 1. The molecule has 0 bridgehead atoms. The van der Waals surface area contributed by atoms with E-state index in [4.69, 9.17) is 9.84 Å². The number of aliphatic hydroxyl groups is 1. The summed E-state index contributed by atoms with van der Waals surface area (Å²) in [5.41, 5.74) is 0.702. The molecule has 16 heavy (non-hydrogen) atoms. The third-order valence-electron chi connectivity index (χ3n) is 2.10. The van der Waals surface area contributed by atoms with Gasteiger partial charge in [0.1, 0.15) is 6.10 Å². The minimum atomic E-state index is -0.614. The molecule has 1 unspecified atom stereocenters. The summed E-state index contributed by atoms with van der Waals surface area (Å²) < 4.78 is 4.95. The van der Waals surface area contributed by atoms with Gasteiger partial charge in [-0.05, 0) is 17.8 Å². The van der Waals surface area contributed by atoms with Gasteiger partial charge in [-0.2, -0.15) is 0 Å². The van der Waals surface area contributed by atoms with E-state index in [1.54, 1.807) is 12.1 Å². The SMILES string of the molecule is COC(Cc1cccc([N+](=O)[O-])c1)C(O)=S. The van der Waals surface area contributed by atoms with Crippen LogP contribution in [0.2, 0.25) is 0 Å². The van der Waals surface area contributed by atoms with Gasteiger partial charge in [-0.1, -0.05) is 12.1 Å². The molecule has 1 aromatic carbocycles. The number of rotatable bonds is 5. The standard InChI is InChI=1S/C10H11NO4S/c1-15-9(10(12)16)6-7-3-2-4-8(5-7)11(13)14/h2-5,9H,6H2,1H3,(H,12,16). The summed E-state index contributed by atoms with van der Waals surface area (Å²) in [5, 5.41) is 19.4. The summed E-state index contributed by atoms with van der Waals surface area (Å²) in [6, 6.07) is 6.14. The van der Waals surface area contributed by atoms with Crippen LogP contribution in [0.15, 0.2) is 24.3 Å². The number of nitrogens with zero attached hydrogens (tertiary/aromatic N) is 1. The fraction of sp³-hybridized carbons (Fsp3) is 0.300. The summed E-state index contributed by atoms with van der Waals surface area (Å²) in [4.78, 5) is 10.1. The first-order chi connectivity index (χ1) is 7.54. The zero-order valence-electron chi connectivity index (χ0n) is 8.62. The Morgan fingerprint density at radius 2 is 2.38 bits per heavy atom. The van der Waals surface area contributed by atoms with Crippen molar-refractivity contribution in [3.05, 3.63) is 39.9 Å². The first-order valence-electron chi connectivity index (χ1n) is 4.53. The molecular weight excluding hydrogens is 230 g/mol. The number of aliphatic hydroxyl groups excluding tert-OH is 1. The van der Waals surface area contributed by atoms with Crippen molar-refractivity contribution in [1.82, 2.24) is 0 Å². The lowest BCUT2D eigenvalue weighted by Crippen LogP contribution is -2.23. The summed E-state index contributed by atoms with van der Waals surface area (Å²) in [6.07, 6.45) is -0.301. The molecule has 1 N–H and O–H groups in total. The Morgan fingerprint density at radius 3 is 2.88 bits per heavy atom. The number of benzene rings is 1. The Kier molecular flexibility index (Phi) is 4.33. The molecule has 1 rings (SSSR count). The Hall–Kier alpha value is -1.53. The molecule has 1 aromatic rings. The zero-order chi connectivity index (χ0) is 12.1. The average Bonchev–Trinajstić information content (AvgIpc) is 2.25. The van der Waals surface area contributed by atoms with Gasteiger partial charge in [0, 0.05) is 25.7 Å². The van der Waals surface area contributed by atoms with Crippen LogP contribution in [0, 0.1) is 10.1 Å². The number of non-ortho nitro benzene ring substituents is 1. The quantitative estimate of drug-likeness (QED) is 0.485. The van der Waals surface area contributed by atoms with Crippen molar-refractivity contribution in [2.45, 2.75) is 12.5 Å². The third kappa shape index (κ3) is 3.25. The van der Waals surface area contributed by atoms with E-state index < -0.39 is 11.0 Å². The van der Waals surface area contributed by atoms with Gasteiger partial charge in [0.05, 0.1) is 4.92 Å². The highest BCUT2D eigenvalue weighted by atomic mass is 32.1. The molecule has 86 valence electrons. The monoisotopic (exact) mass is 241 g/mol. The van der Waals surface area contributed by atoms with Crippen molar-refractivity contribution in [2.24, 2.45) is 0 Å².